The van der Waals surface area contributed by atoms with Crippen LogP contribution in [-0.4, -0.2) is 49.2 Å². The summed E-state index contributed by atoms with van der Waals surface area (Å²) in [6.45, 7) is 1.13. The number of fused-ring (bicyclic) bond motifs is 1. The number of likely N-dealkylation sites (tertiary alicyclic amines) is 1. The maximum absolute atomic E-state index is 12.2. The van der Waals surface area contributed by atoms with Crippen molar-refractivity contribution in [3.8, 4) is 6.07 Å². The van der Waals surface area contributed by atoms with E-state index < -0.39 is 0 Å². The van der Waals surface area contributed by atoms with Gasteiger partial charge in [0.1, 0.15) is 6.04 Å². The molecule has 0 aromatic rings. The van der Waals surface area contributed by atoms with Crippen LogP contribution in [0.15, 0.2) is 0 Å². The summed E-state index contributed by atoms with van der Waals surface area (Å²) >= 11 is 0. The summed E-state index contributed by atoms with van der Waals surface area (Å²) in [5, 5.41) is 12.5. The fourth-order valence-electron chi connectivity index (χ4n) is 4.45. The lowest BCUT2D eigenvalue weighted by molar-refractivity contribution is -0.130. The Kier molecular flexibility index (Phi) is 4.46. The molecule has 0 bridgehead atoms. The van der Waals surface area contributed by atoms with Crippen LogP contribution in [0, 0.1) is 23.2 Å². The third-order valence-electron chi connectivity index (χ3n) is 5.57. The average Bonchev–Trinajstić information content (AvgIpc) is 3.17. The predicted octanol–water partition coefficient (Wildman–Crippen LogP) is 1.29. The Morgan fingerprint density at radius 3 is 2.67 bits per heavy atom. The lowest BCUT2D eigenvalue weighted by atomic mass is 10.0. The van der Waals surface area contributed by atoms with Crippen LogP contribution in [0.1, 0.15) is 38.5 Å². The highest BCUT2D eigenvalue weighted by molar-refractivity contribution is 5.79. The maximum atomic E-state index is 12.2. The van der Waals surface area contributed by atoms with E-state index >= 15 is 0 Å². The smallest absolute Gasteiger partial charge is 0.237 e. The number of hydrogen-bond donors (Lipinski definition) is 1. The SMILES string of the molecule is CO[C@H]1C[C@H]2C[C@H](NCC(=O)N3CCC[C@H]3C#N)C[C@H]2C1. The molecule has 3 fully saturated rings. The van der Waals surface area contributed by atoms with Gasteiger partial charge in [0, 0.05) is 19.7 Å². The normalized spacial score (nSPS) is 38.5. The Balaban J connectivity index is 1.43. The molecule has 3 rings (SSSR count). The topological polar surface area (TPSA) is 65.4 Å². The Morgan fingerprint density at radius 1 is 1.33 bits per heavy atom. The van der Waals surface area contributed by atoms with E-state index in [1.54, 1.807) is 4.90 Å². The summed E-state index contributed by atoms with van der Waals surface area (Å²) in [7, 11) is 1.81. The lowest BCUT2D eigenvalue weighted by Crippen LogP contribution is -2.43. The molecule has 5 atom stereocenters. The summed E-state index contributed by atoms with van der Waals surface area (Å²) in [6, 6.07) is 2.49. The predicted molar refractivity (Wildman–Crippen MR) is 78.4 cm³/mol. The van der Waals surface area contributed by atoms with Crippen molar-refractivity contribution in [2.45, 2.75) is 56.7 Å². The molecule has 5 nitrogen and oxygen atoms in total. The van der Waals surface area contributed by atoms with Crippen LogP contribution in [-0.2, 0) is 9.53 Å². The zero-order valence-electron chi connectivity index (χ0n) is 12.8. The van der Waals surface area contributed by atoms with E-state index in [2.05, 4.69) is 11.4 Å². The van der Waals surface area contributed by atoms with Crippen LogP contribution in [0.25, 0.3) is 0 Å². The molecule has 5 heteroatoms. The first-order valence-electron chi connectivity index (χ1n) is 8.16. The number of carbonyl (C=O) groups excluding carboxylic acids is 1. The summed E-state index contributed by atoms with van der Waals surface area (Å²) in [5.41, 5.74) is 0. The molecule has 2 saturated carbocycles. The second-order valence-corrected chi connectivity index (χ2v) is 6.77. The van der Waals surface area contributed by atoms with E-state index in [0.29, 0.717) is 18.7 Å². The Morgan fingerprint density at radius 2 is 2.05 bits per heavy atom. The molecule has 21 heavy (non-hydrogen) atoms. The van der Waals surface area contributed by atoms with Crippen LogP contribution >= 0.6 is 0 Å². The largest absolute Gasteiger partial charge is 0.381 e. The first kappa shape index (κ1) is 14.8. The van der Waals surface area contributed by atoms with Crippen molar-refractivity contribution in [3.05, 3.63) is 0 Å². The number of ether oxygens (including phenoxy) is 1. The van der Waals surface area contributed by atoms with Crippen molar-refractivity contribution in [3.63, 3.8) is 0 Å². The Hall–Kier alpha value is -1.12. The molecule has 2 aliphatic carbocycles. The van der Waals surface area contributed by atoms with E-state index in [4.69, 9.17) is 10.00 Å². The van der Waals surface area contributed by atoms with Gasteiger partial charge in [0.05, 0.1) is 18.7 Å². The number of methoxy groups -OCH3 is 1. The zero-order valence-corrected chi connectivity index (χ0v) is 12.8. The van der Waals surface area contributed by atoms with E-state index in [1.807, 2.05) is 7.11 Å². The van der Waals surface area contributed by atoms with Gasteiger partial charge in [0.25, 0.3) is 0 Å². The highest BCUT2D eigenvalue weighted by Gasteiger charge is 2.41. The quantitative estimate of drug-likeness (QED) is 0.848. The fourth-order valence-corrected chi connectivity index (χ4v) is 4.45. The minimum atomic E-state index is -0.204. The van der Waals surface area contributed by atoms with Crippen molar-refractivity contribution in [1.82, 2.24) is 10.2 Å². The lowest BCUT2D eigenvalue weighted by Gasteiger charge is -2.21. The second-order valence-electron chi connectivity index (χ2n) is 6.77. The van der Waals surface area contributed by atoms with Gasteiger partial charge in [0.15, 0.2) is 0 Å². The average molecular weight is 291 g/mol. The van der Waals surface area contributed by atoms with Crippen molar-refractivity contribution in [2.24, 2.45) is 11.8 Å². The highest BCUT2D eigenvalue weighted by Crippen LogP contribution is 2.44. The highest BCUT2D eigenvalue weighted by atomic mass is 16.5. The molecule has 1 N–H and O–H groups in total. The van der Waals surface area contributed by atoms with Crippen molar-refractivity contribution in [1.29, 1.82) is 5.26 Å². The summed E-state index contributed by atoms with van der Waals surface area (Å²) in [6.07, 6.45) is 6.92. The number of amides is 1. The summed E-state index contributed by atoms with van der Waals surface area (Å²) in [4.78, 5) is 13.9. The van der Waals surface area contributed by atoms with Gasteiger partial charge in [-0.05, 0) is 50.4 Å². The molecular formula is C16H25N3O2. The number of nitriles is 1. The van der Waals surface area contributed by atoms with Gasteiger partial charge in [-0.15, -0.1) is 0 Å². The van der Waals surface area contributed by atoms with Gasteiger partial charge < -0.3 is 15.0 Å². The summed E-state index contributed by atoms with van der Waals surface area (Å²) in [5.74, 6) is 1.62. The number of nitrogens with zero attached hydrogens (tertiary/aromatic N) is 2. The number of nitrogens with one attached hydrogen (secondary N) is 1. The third kappa shape index (κ3) is 3.07. The molecule has 1 heterocycles. The van der Waals surface area contributed by atoms with Gasteiger partial charge >= 0.3 is 0 Å². The van der Waals surface area contributed by atoms with Crippen LogP contribution in [0.2, 0.25) is 0 Å². The molecule has 3 aliphatic rings. The van der Waals surface area contributed by atoms with Crippen molar-refractivity contribution >= 4 is 5.91 Å². The number of rotatable bonds is 4. The van der Waals surface area contributed by atoms with Crippen LogP contribution in [0.4, 0.5) is 0 Å². The van der Waals surface area contributed by atoms with Crippen LogP contribution in [0.3, 0.4) is 0 Å². The fraction of sp³-hybridized carbons (Fsp3) is 0.875. The Bertz CT molecular complexity index is 420. The summed E-state index contributed by atoms with van der Waals surface area (Å²) < 4.78 is 5.46. The number of hydrogen-bond acceptors (Lipinski definition) is 4. The number of carbonyl (C=O) groups is 1. The Labute approximate surface area is 126 Å². The van der Waals surface area contributed by atoms with E-state index in [0.717, 1.165) is 31.2 Å². The molecule has 0 spiro atoms. The molecule has 116 valence electrons. The van der Waals surface area contributed by atoms with Gasteiger partial charge in [-0.25, -0.2) is 0 Å². The van der Waals surface area contributed by atoms with Gasteiger partial charge in [-0.3, -0.25) is 4.79 Å². The third-order valence-corrected chi connectivity index (χ3v) is 5.57. The second kappa shape index (κ2) is 6.33. The standard InChI is InChI=1S/C16H25N3O2/c1-21-15-7-11-5-13(6-12(11)8-15)18-10-16(20)19-4-2-3-14(19)9-17/h11-15,18H,2-8,10H2,1H3/t11-,12+,13+,14-,15+/m0/s1. The molecule has 0 unspecified atom stereocenters. The first-order valence-corrected chi connectivity index (χ1v) is 8.16. The minimum absolute atomic E-state index is 0.0888. The molecule has 1 saturated heterocycles. The van der Waals surface area contributed by atoms with Gasteiger partial charge in [-0.1, -0.05) is 0 Å². The van der Waals surface area contributed by atoms with E-state index in [1.165, 1.54) is 25.7 Å². The van der Waals surface area contributed by atoms with Crippen molar-refractivity contribution in [2.75, 3.05) is 20.2 Å². The molecule has 1 aliphatic heterocycles. The first-order chi connectivity index (χ1) is 10.2. The van der Waals surface area contributed by atoms with Gasteiger partial charge in [-0.2, -0.15) is 5.26 Å². The molecule has 0 aromatic carbocycles. The molecule has 0 radical (unpaired) electrons. The monoisotopic (exact) mass is 291 g/mol. The zero-order chi connectivity index (χ0) is 14.8. The molecular weight excluding hydrogens is 266 g/mol. The minimum Gasteiger partial charge on any atom is -0.381 e. The van der Waals surface area contributed by atoms with Crippen molar-refractivity contribution < 1.29 is 9.53 Å². The van der Waals surface area contributed by atoms with E-state index in [-0.39, 0.29) is 11.9 Å². The van der Waals surface area contributed by atoms with E-state index in [9.17, 15) is 4.79 Å². The van der Waals surface area contributed by atoms with Crippen LogP contribution in [0.5, 0.6) is 0 Å². The van der Waals surface area contributed by atoms with Gasteiger partial charge in [0.2, 0.25) is 5.91 Å². The van der Waals surface area contributed by atoms with Crippen LogP contribution < -0.4 is 5.32 Å². The maximum Gasteiger partial charge on any atom is 0.237 e. The molecule has 1 amide bonds. The molecule has 0 aromatic heterocycles.